The number of nitrogens with two attached hydrogens (primary N) is 1. The summed E-state index contributed by atoms with van der Waals surface area (Å²) in [6.45, 7) is 2.89. The zero-order chi connectivity index (χ0) is 10.2. The van der Waals surface area contributed by atoms with Crippen molar-refractivity contribution in [1.82, 2.24) is 5.32 Å². The molecule has 0 aromatic heterocycles. The van der Waals surface area contributed by atoms with E-state index in [4.69, 9.17) is 5.73 Å². The molecule has 3 N–H and O–H groups in total. The number of primary amides is 1. The monoisotopic (exact) mass is 196 g/mol. The number of hydrogen-bond acceptors (Lipinski definition) is 2. The smallest absolute Gasteiger partial charge is 0.238 e. The molecule has 0 radical (unpaired) electrons. The van der Waals surface area contributed by atoms with Gasteiger partial charge >= 0.3 is 0 Å². The average Bonchev–Trinajstić information content (AvgIpc) is 2.44. The lowest BCUT2D eigenvalue weighted by Gasteiger charge is -2.50. The van der Waals surface area contributed by atoms with Gasteiger partial charge in [0, 0.05) is 0 Å². The molecule has 2 aliphatic rings. The van der Waals surface area contributed by atoms with E-state index in [1.807, 2.05) is 0 Å². The van der Waals surface area contributed by atoms with Gasteiger partial charge in [-0.1, -0.05) is 19.8 Å². The van der Waals surface area contributed by atoms with Crippen LogP contribution in [0, 0.1) is 5.41 Å². The molecule has 1 amide bonds. The Kier molecular flexibility index (Phi) is 2.30. The van der Waals surface area contributed by atoms with Crippen LogP contribution in [0.1, 0.15) is 45.4 Å². The summed E-state index contributed by atoms with van der Waals surface area (Å²) in [4.78, 5) is 11.7. The third-order valence-electron chi connectivity index (χ3n) is 4.32. The highest BCUT2D eigenvalue weighted by molar-refractivity contribution is 5.86. The lowest BCUT2D eigenvalue weighted by atomic mass is 9.58. The third kappa shape index (κ3) is 1.05. The molecule has 1 unspecified atom stereocenters. The van der Waals surface area contributed by atoms with Gasteiger partial charge in [0.15, 0.2) is 0 Å². The summed E-state index contributed by atoms with van der Waals surface area (Å²) in [5.74, 6) is -0.128. The van der Waals surface area contributed by atoms with Crippen molar-refractivity contribution in [3.05, 3.63) is 0 Å². The van der Waals surface area contributed by atoms with Gasteiger partial charge in [0.05, 0.1) is 0 Å². The fraction of sp³-hybridized carbons (Fsp3) is 0.909. The predicted octanol–water partition coefficient (Wildman–Crippen LogP) is 1.17. The van der Waals surface area contributed by atoms with Crippen molar-refractivity contribution in [1.29, 1.82) is 0 Å². The van der Waals surface area contributed by atoms with Crippen LogP contribution in [0.4, 0.5) is 0 Å². The molecule has 2 aliphatic carbocycles. The van der Waals surface area contributed by atoms with Gasteiger partial charge in [-0.05, 0) is 37.6 Å². The molecule has 0 aromatic rings. The zero-order valence-electron chi connectivity index (χ0n) is 8.94. The molecule has 2 fully saturated rings. The highest BCUT2D eigenvalue weighted by atomic mass is 16.1. The molecule has 0 bridgehead atoms. The van der Waals surface area contributed by atoms with Gasteiger partial charge in [0.1, 0.15) is 5.54 Å². The molecule has 2 rings (SSSR count). The zero-order valence-corrected chi connectivity index (χ0v) is 8.94. The summed E-state index contributed by atoms with van der Waals surface area (Å²) < 4.78 is 0. The van der Waals surface area contributed by atoms with Gasteiger partial charge in [-0.25, -0.2) is 0 Å². The van der Waals surface area contributed by atoms with Crippen LogP contribution < -0.4 is 11.1 Å². The maximum Gasteiger partial charge on any atom is 0.238 e. The minimum Gasteiger partial charge on any atom is -0.368 e. The van der Waals surface area contributed by atoms with E-state index in [-0.39, 0.29) is 16.9 Å². The first kappa shape index (κ1) is 9.97. The maximum absolute atomic E-state index is 11.7. The second-order valence-corrected chi connectivity index (χ2v) is 4.79. The number of hydrogen-bond donors (Lipinski definition) is 2. The molecule has 2 saturated carbocycles. The van der Waals surface area contributed by atoms with E-state index in [1.54, 1.807) is 0 Å². The first-order chi connectivity index (χ1) is 6.67. The third-order valence-corrected chi connectivity index (χ3v) is 4.32. The van der Waals surface area contributed by atoms with Crippen molar-refractivity contribution in [3.63, 3.8) is 0 Å². The maximum atomic E-state index is 11.7. The van der Waals surface area contributed by atoms with Crippen LogP contribution in [0.2, 0.25) is 0 Å². The predicted molar refractivity (Wildman–Crippen MR) is 55.7 cm³/mol. The summed E-state index contributed by atoms with van der Waals surface area (Å²) in [6, 6.07) is 0. The Morgan fingerprint density at radius 1 is 1.29 bits per heavy atom. The van der Waals surface area contributed by atoms with E-state index in [0.717, 1.165) is 19.4 Å². The minimum absolute atomic E-state index is 0.128. The first-order valence-corrected chi connectivity index (χ1v) is 5.72. The van der Waals surface area contributed by atoms with Gasteiger partial charge < -0.3 is 11.1 Å². The van der Waals surface area contributed by atoms with Gasteiger partial charge in [0.25, 0.3) is 0 Å². The quantitative estimate of drug-likeness (QED) is 0.712. The van der Waals surface area contributed by atoms with E-state index in [2.05, 4.69) is 12.2 Å². The number of carbonyl (C=O) groups excluding carboxylic acids is 1. The van der Waals surface area contributed by atoms with E-state index in [0.29, 0.717) is 0 Å². The van der Waals surface area contributed by atoms with Crippen LogP contribution in [0.5, 0.6) is 0 Å². The normalized spacial score (nSPS) is 34.4. The van der Waals surface area contributed by atoms with Gasteiger partial charge in [-0.2, -0.15) is 0 Å². The van der Waals surface area contributed by atoms with Crippen LogP contribution in [-0.2, 0) is 4.79 Å². The number of carbonyl (C=O) groups is 1. The largest absolute Gasteiger partial charge is 0.368 e. The van der Waals surface area contributed by atoms with Gasteiger partial charge in [0.2, 0.25) is 5.91 Å². The second-order valence-electron chi connectivity index (χ2n) is 4.79. The number of likely N-dealkylation sites (N-methyl/N-ethyl adjacent to an activating group) is 1. The molecule has 80 valence electrons. The van der Waals surface area contributed by atoms with Crippen molar-refractivity contribution in [2.75, 3.05) is 6.54 Å². The van der Waals surface area contributed by atoms with Crippen molar-refractivity contribution >= 4 is 5.91 Å². The molecule has 0 aliphatic heterocycles. The molecule has 1 spiro atoms. The highest BCUT2D eigenvalue weighted by Crippen LogP contribution is 2.58. The number of rotatable bonds is 3. The Balaban J connectivity index is 2.28. The Hall–Kier alpha value is -0.570. The van der Waals surface area contributed by atoms with Crippen LogP contribution in [0.15, 0.2) is 0 Å². The molecule has 0 aromatic carbocycles. The molecule has 3 heteroatoms. The second kappa shape index (κ2) is 3.23. The van der Waals surface area contributed by atoms with E-state index in [9.17, 15) is 4.79 Å². The first-order valence-electron chi connectivity index (χ1n) is 5.72. The van der Waals surface area contributed by atoms with Crippen molar-refractivity contribution < 1.29 is 4.79 Å². The lowest BCUT2D eigenvalue weighted by molar-refractivity contribution is -0.132. The van der Waals surface area contributed by atoms with E-state index >= 15 is 0 Å². The van der Waals surface area contributed by atoms with Crippen LogP contribution in [0.25, 0.3) is 0 Å². The van der Waals surface area contributed by atoms with Gasteiger partial charge in [-0.15, -0.1) is 0 Å². The Morgan fingerprint density at radius 3 is 2.29 bits per heavy atom. The summed E-state index contributed by atoms with van der Waals surface area (Å²) >= 11 is 0. The SMILES string of the molecule is CCNC1(C(N)=O)CCCC12CCC2. The van der Waals surface area contributed by atoms with Crippen molar-refractivity contribution in [3.8, 4) is 0 Å². The molecule has 0 heterocycles. The molecular formula is C11H20N2O. The van der Waals surface area contributed by atoms with Crippen LogP contribution >= 0.6 is 0 Å². The summed E-state index contributed by atoms with van der Waals surface area (Å²) in [7, 11) is 0. The summed E-state index contributed by atoms with van der Waals surface area (Å²) in [6.07, 6.45) is 6.90. The van der Waals surface area contributed by atoms with Crippen LogP contribution in [-0.4, -0.2) is 18.0 Å². The Bertz CT molecular complexity index is 248. The Labute approximate surface area is 85.4 Å². The molecule has 1 atom stereocenters. The molecule has 14 heavy (non-hydrogen) atoms. The van der Waals surface area contributed by atoms with Crippen molar-refractivity contribution in [2.45, 2.75) is 51.0 Å². The molecule has 3 nitrogen and oxygen atoms in total. The fourth-order valence-corrected chi connectivity index (χ4v) is 3.50. The Morgan fingerprint density at radius 2 is 1.86 bits per heavy atom. The molecule has 0 saturated heterocycles. The standard InChI is InChI=1S/C11H20N2O/c1-2-13-11(9(12)14)8-4-7-10(11)5-3-6-10/h13H,2-8H2,1H3,(H2,12,14). The average molecular weight is 196 g/mol. The van der Waals surface area contributed by atoms with Crippen LogP contribution in [0.3, 0.4) is 0 Å². The topological polar surface area (TPSA) is 55.1 Å². The summed E-state index contributed by atoms with van der Waals surface area (Å²) in [5, 5.41) is 3.38. The van der Waals surface area contributed by atoms with E-state index in [1.165, 1.54) is 25.7 Å². The fourth-order valence-electron chi connectivity index (χ4n) is 3.50. The summed E-state index contributed by atoms with van der Waals surface area (Å²) in [5.41, 5.74) is 5.44. The van der Waals surface area contributed by atoms with E-state index < -0.39 is 0 Å². The lowest BCUT2D eigenvalue weighted by Crippen LogP contribution is -2.65. The van der Waals surface area contributed by atoms with Gasteiger partial charge in [-0.3, -0.25) is 4.79 Å². The highest BCUT2D eigenvalue weighted by Gasteiger charge is 2.60. The minimum atomic E-state index is -0.375. The number of amides is 1. The number of nitrogens with one attached hydrogen (secondary N) is 1. The molecular weight excluding hydrogens is 176 g/mol. The van der Waals surface area contributed by atoms with Crippen molar-refractivity contribution in [2.24, 2.45) is 11.1 Å².